The highest BCUT2D eigenvalue weighted by Crippen LogP contribution is 2.27. The molecule has 0 aliphatic heterocycles. The number of aryl methyl sites for hydroxylation is 2. The van der Waals surface area contributed by atoms with Crippen LogP contribution in [0.15, 0.2) is 18.2 Å². The quantitative estimate of drug-likeness (QED) is 0.644. The van der Waals surface area contributed by atoms with E-state index in [9.17, 15) is 4.79 Å². The van der Waals surface area contributed by atoms with E-state index < -0.39 is 8.80 Å². The topological polar surface area (TPSA) is 44.8 Å². The van der Waals surface area contributed by atoms with Gasteiger partial charge in [0.2, 0.25) is 0 Å². The third-order valence-corrected chi connectivity index (χ3v) is 7.21. The Labute approximate surface area is 140 Å². The van der Waals surface area contributed by atoms with Gasteiger partial charge in [-0.3, -0.25) is 4.79 Å². The van der Waals surface area contributed by atoms with Crippen molar-refractivity contribution in [3.05, 3.63) is 34.9 Å². The minimum atomic E-state index is -2.66. The van der Waals surface area contributed by atoms with E-state index in [0.717, 1.165) is 30.4 Å². The van der Waals surface area contributed by atoms with Crippen LogP contribution in [0.3, 0.4) is 0 Å². The zero-order valence-electron chi connectivity index (χ0n) is 14.5. The number of carbonyl (C=O) groups is 1. The maximum absolute atomic E-state index is 12.3. The van der Waals surface area contributed by atoms with E-state index in [4.69, 9.17) is 13.3 Å². The molecule has 0 spiro atoms. The number of rotatable bonds is 9. The lowest BCUT2D eigenvalue weighted by atomic mass is 9.86. The molecule has 1 aliphatic rings. The first-order valence-corrected chi connectivity index (χ1v) is 10.6. The van der Waals surface area contributed by atoms with Crippen molar-refractivity contribution in [1.29, 1.82) is 0 Å². The van der Waals surface area contributed by atoms with Gasteiger partial charge in [0.1, 0.15) is 0 Å². The molecule has 4 nitrogen and oxygen atoms in total. The highest BCUT2D eigenvalue weighted by Gasteiger charge is 2.40. The molecule has 0 aromatic heterocycles. The summed E-state index contributed by atoms with van der Waals surface area (Å²) >= 11 is 0. The van der Waals surface area contributed by atoms with E-state index in [2.05, 4.69) is 18.2 Å². The van der Waals surface area contributed by atoms with Crippen LogP contribution in [0.1, 0.15) is 55.1 Å². The Morgan fingerprint density at radius 1 is 1.00 bits per heavy atom. The van der Waals surface area contributed by atoms with Gasteiger partial charge in [-0.15, -0.1) is 0 Å². The van der Waals surface area contributed by atoms with Gasteiger partial charge in [-0.2, -0.15) is 0 Å². The predicted molar refractivity (Wildman–Crippen MR) is 92.9 cm³/mol. The Morgan fingerprint density at radius 2 is 1.65 bits per heavy atom. The highest BCUT2D eigenvalue weighted by molar-refractivity contribution is 6.60. The summed E-state index contributed by atoms with van der Waals surface area (Å²) < 4.78 is 17.7. The van der Waals surface area contributed by atoms with Gasteiger partial charge < -0.3 is 13.3 Å². The third kappa shape index (κ3) is 4.50. The van der Waals surface area contributed by atoms with Crippen molar-refractivity contribution in [3.8, 4) is 0 Å². The summed E-state index contributed by atoms with van der Waals surface area (Å²) in [6.07, 6.45) is 3.39. The average Bonchev–Trinajstić information content (AvgIpc) is 2.54. The Kier molecular flexibility index (Phi) is 6.96. The molecule has 23 heavy (non-hydrogen) atoms. The predicted octanol–water partition coefficient (Wildman–Crippen LogP) is 3.80. The number of benzene rings is 1. The number of Topliss-reactive ketones (excluding diaryl/α,β-unsaturated/α-hetero) is 1. The molecule has 0 atom stereocenters. The molecule has 0 N–H and O–H groups in total. The van der Waals surface area contributed by atoms with Crippen LogP contribution in [0.2, 0.25) is 6.04 Å². The van der Waals surface area contributed by atoms with Gasteiger partial charge in [-0.1, -0.05) is 18.2 Å². The maximum atomic E-state index is 12.3. The van der Waals surface area contributed by atoms with Crippen molar-refractivity contribution < 1.29 is 18.1 Å². The fourth-order valence-corrected chi connectivity index (χ4v) is 5.86. The molecule has 0 bridgehead atoms. The number of fused-ring (bicyclic) bond motifs is 1. The summed E-state index contributed by atoms with van der Waals surface area (Å²) in [6.45, 7) is 7.64. The zero-order chi connectivity index (χ0) is 16.7. The monoisotopic (exact) mass is 336 g/mol. The highest BCUT2D eigenvalue weighted by atomic mass is 28.4. The fourth-order valence-electron chi connectivity index (χ4n) is 3.28. The molecule has 0 amide bonds. The summed E-state index contributed by atoms with van der Waals surface area (Å²) in [5.74, 6) is 0.276. The molecule has 0 saturated carbocycles. The van der Waals surface area contributed by atoms with E-state index in [1.165, 1.54) is 5.56 Å². The van der Waals surface area contributed by atoms with Gasteiger partial charge in [0.25, 0.3) is 0 Å². The van der Waals surface area contributed by atoms with Crippen molar-refractivity contribution in [3.63, 3.8) is 0 Å². The van der Waals surface area contributed by atoms with Crippen molar-refractivity contribution in [2.45, 2.75) is 52.5 Å². The van der Waals surface area contributed by atoms with Gasteiger partial charge in [-0.05, 0) is 51.2 Å². The summed E-state index contributed by atoms with van der Waals surface area (Å²) in [7, 11) is -2.66. The molecule has 0 radical (unpaired) electrons. The summed E-state index contributed by atoms with van der Waals surface area (Å²) in [5, 5.41) is 0. The molecular formula is C18H28O4Si. The number of ketones is 1. The smallest absolute Gasteiger partial charge is 0.374 e. The lowest BCUT2D eigenvalue weighted by Gasteiger charge is -2.29. The van der Waals surface area contributed by atoms with Crippen LogP contribution < -0.4 is 0 Å². The lowest BCUT2D eigenvalue weighted by molar-refractivity contribution is 0.0713. The SMILES string of the molecule is CCO[Si](CCc1cccc2c1C(=O)CCC2)(OCC)OCC. The van der Waals surface area contributed by atoms with Gasteiger partial charge in [0, 0.05) is 37.8 Å². The second-order valence-corrected chi connectivity index (χ2v) is 8.44. The Hall–Kier alpha value is -1.01. The summed E-state index contributed by atoms with van der Waals surface area (Å²) in [4.78, 5) is 12.3. The molecule has 1 aliphatic carbocycles. The number of hydrogen-bond donors (Lipinski definition) is 0. The first kappa shape index (κ1) is 18.3. The van der Waals surface area contributed by atoms with E-state index >= 15 is 0 Å². The molecule has 0 fully saturated rings. The molecule has 0 unspecified atom stereocenters. The molecule has 5 heteroatoms. The number of hydrogen-bond acceptors (Lipinski definition) is 4. The van der Waals surface area contributed by atoms with E-state index in [1.807, 2.05) is 20.8 Å². The van der Waals surface area contributed by atoms with E-state index in [-0.39, 0.29) is 5.78 Å². The second kappa shape index (κ2) is 8.73. The molecule has 128 valence electrons. The molecule has 0 heterocycles. The molecule has 1 aromatic carbocycles. The van der Waals surface area contributed by atoms with Gasteiger partial charge in [0.15, 0.2) is 5.78 Å². The van der Waals surface area contributed by atoms with Crippen molar-refractivity contribution in [2.75, 3.05) is 19.8 Å². The Morgan fingerprint density at radius 3 is 2.26 bits per heavy atom. The largest absolute Gasteiger partial charge is 0.501 e. The Bertz CT molecular complexity index is 513. The molecule has 1 aromatic rings. The van der Waals surface area contributed by atoms with Crippen LogP contribution in [0, 0.1) is 0 Å². The van der Waals surface area contributed by atoms with Crippen LogP contribution in [0.4, 0.5) is 0 Å². The number of carbonyl (C=O) groups excluding carboxylic acids is 1. The Balaban J connectivity index is 2.19. The standard InChI is InChI=1S/C18H28O4Si/c1-4-20-23(21-5-2,22-6-3)14-13-16-10-7-9-15-11-8-12-17(19)18(15)16/h7,9-10H,4-6,8,11-14H2,1-3H3. The summed E-state index contributed by atoms with van der Waals surface area (Å²) in [5.41, 5.74) is 3.24. The van der Waals surface area contributed by atoms with Crippen LogP contribution in [-0.2, 0) is 26.1 Å². The molecule has 0 saturated heterocycles. The van der Waals surface area contributed by atoms with Gasteiger partial charge in [0.05, 0.1) is 0 Å². The normalized spacial score (nSPS) is 14.8. The maximum Gasteiger partial charge on any atom is 0.501 e. The average molecular weight is 337 g/mol. The van der Waals surface area contributed by atoms with Crippen LogP contribution in [0.5, 0.6) is 0 Å². The van der Waals surface area contributed by atoms with Gasteiger partial charge in [-0.25, -0.2) is 0 Å². The van der Waals surface area contributed by atoms with Crippen molar-refractivity contribution in [2.24, 2.45) is 0 Å². The van der Waals surface area contributed by atoms with Crippen LogP contribution in [-0.4, -0.2) is 34.4 Å². The van der Waals surface area contributed by atoms with E-state index in [0.29, 0.717) is 32.3 Å². The van der Waals surface area contributed by atoms with Gasteiger partial charge >= 0.3 is 8.80 Å². The van der Waals surface area contributed by atoms with Crippen LogP contribution >= 0.6 is 0 Å². The first-order valence-electron chi connectivity index (χ1n) is 8.71. The van der Waals surface area contributed by atoms with Crippen LogP contribution in [0.25, 0.3) is 0 Å². The van der Waals surface area contributed by atoms with Crippen molar-refractivity contribution in [1.82, 2.24) is 0 Å². The minimum Gasteiger partial charge on any atom is -0.374 e. The minimum absolute atomic E-state index is 0.276. The second-order valence-electron chi connectivity index (χ2n) is 5.71. The summed E-state index contributed by atoms with van der Waals surface area (Å²) in [6, 6.07) is 6.91. The first-order chi connectivity index (χ1) is 11.2. The van der Waals surface area contributed by atoms with E-state index in [1.54, 1.807) is 0 Å². The van der Waals surface area contributed by atoms with Crippen molar-refractivity contribution >= 4 is 14.6 Å². The fraction of sp³-hybridized carbons (Fsp3) is 0.611. The third-order valence-electron chi connectivity index (χ3n) is 4.16. The lowest BCUT2D eigenvalue weighted by Crippen LogP contribution is -2.46. The zero-order valence-corrected chi connectivity index (χ0v) is 15.5. The molecule has 2 rings (SSSR count). The molecular weight excluding hydrogens is 308 g/mol.